The zero-order valence-electron chi connectivity index (χ0n) is 13.7. The van der Waals surface area contributed by atoms with Crippen molar-refractivity contribution in [3.05, 3.63) is 21.5 Å². The zero-order chi connectivity index (χ0) is 17.9. The summed E-state index contributed by atoms with van der Waals surface area (Å²) in [6.07, 6.45) is -0.0553. The molecule has 8 heteroatoms. The van der Waals surface area contributed by atoms with Gasteiger partial charge in [0.05, 0.1) is 27.4 Å². The summed E-state index contributed by atoms with van der Waals surface area (Å²) < 4.78 is 20.6. The average molecular weight is 458 g/mol. The third kappa shape index (κ3) is 6.18. The van der Waals surface area contributed by atoms with Gasteiger partial charge >= 0.3 is 11.9 Å². The van der Waals surface area contributed by atoms with Crippen LogP contribution in [0.3, 0.4) is 0 Å². The molecule has 0 atom stereocenters. The van der Waals surface area contributed by atoms with E-state index >= 15 is 0 Å². The van der Waals surface area contributed by atoms with E-state index in [0.29, 0.717) is 11.5 Å². The fraction of sp³-hybridized carbons (Fsp3) is 0.600. The highest BCUT2D eigenvalue weighted by Gasteiger charge is 2.50. The van der Waals surface area contributed by atoms with Crippen LogP contribution < -0.4 is 0 Å². The van der Waals surface area contributed by atoms with Gasteiger partial charge in [-0.25, -0.2) is 0 Å². The van der Waals surface area contributed by atoms with Gasteiger partial charge < -0.3 is 18.9 Å². The van der Waals surface area contributed by atoms with E-state index < -0.39 is 17.4 Å². The summed E-state index contributed by atoms with van der Waals surface area (Å²) in [5.74, 6) is -0.579. The van der Waals surface area contributed by atoms with Gasteiger partial charge in [0, 0.05) is 22.8 Å². The minimum absolute atomic E-state index is 0.0277. The summed E-state index contributed by atoms with van der Waals surface area (Å²) in [4.78, 5) is 28.2. The van der Waals surface area contributed by atoms with Crippen LogP contribution in [0.1, 0.15) is 26.7 Å². The lowest BCUT2D eigenvalue weighted by Crippen LogP contribution is -2.43. The Bertz CT molecular complexity index is 417. The summed E-state index contributed by atoms with van der Waals surface area (Å²) in [7, 11) is 2.90. The fourth-order valence-electron chi connectivity index (χ4n) is 1.88. The topological polar surface area (TPSA) is 71.1 Å². The van der Waals surface area contributed by atoms with Crippen LogP contribution in [0.15, 0.2) is 21.5 Å². The maximum absolute atomic E-state index is 12.6. The molecule has 0 radical (unpaired) electrons. The van der Waals surface area contributed by atoms with E-state index in [9.17, 15) is 9.59 Å². The van der Waals surface area contributed by atoms with Gasteiger partial charge in [0.1, 0.15) is 11.5 Å². The van der Waals surface area contributed by atoms with E-state index in [1.165, 1.54) is 24.2 Å². The van der Waals surface area contributed by atoms with Crippen molar-refractivity contribution in [2.24, 2.45) is 5.41 Å². The van der Waals surface area contributed by atoms with Gasteiger partial charge in [0.25, 0.3) is 0 Å². The van der Waals surface area contributed by atoms with Gasteiger partial charge in [-0.1, -0.05) is 31.9 Å². The Hall–Kier alpha value is -1.02. The molecular weight excluding hydrogens is 436 g/mol. The van der Waals surface area contributed by atoms with Gasteiger partial charge in [-0.15, -0.1) is 0 Å². The van der Waals surface area contributed by atoms with E-state index in [4.69, 9.17) is 18.9 Å². The van der Waals surface area contributed by atoms with Crippen LogP contribution in [0.4, 0.5) is 0 Å². The molecule has 0 fully saturated rings. The van der Waals surface area contributed by atoms with Crippen molar-refractivity contribution < 1.29 is 28.5 Å². The molecule has 0 aromatic carbocycles. The van der Waals surface area contributed by atoms with Crippen LogP contribution in [0, 0.1) is 5.41 Å². The number of hydrogen-bond donors (Lipinski definition) is 0. The van der Waals surface area contributed by atoms with E-state index in [-0.39, 0.29) is 26.1 Å². The molecule has 0 rings (SSSR count). The summed E-state index contributed by atoms with van der Waals surface area (Å²) in [5.41, 5.74) is -1.60. The zero-order valence-corrected chi connectivity index (χ0v) is 16.9. The molecule has 0 aromatic rings. The average Bonchev–Trinajstić information content (AvgIpc) is 2.56. The molecule has 0 saturated heterocycles. The first-order valence-electron chi connectivity index (χ1n) is 6.96. The van der Waals surface area contributed by atoms with Gasteiger partial charge in [-0.3, -0.25) is 9.59 Å². The molecule has 0 aliphatic heterocycles. The van der Waals surface area contributed by atoms with Crippen molar-refractivity contribution in [1.29, 1.82) is 0 Å². The second kappa shape index (κ2) is 11.5. The molecular formula is C15H22Br2O6. The number of esters is 2. The fourth-order valence-corrected chi connectivity index (χ4v) is 2.58. The largest absolute Gasteiger partial charge is 0.501 e. The van der Waals surface area contributed by atoms with E-state index in [2.05, 4.69) is 31.9 Å². The summed E-state index contributed by atoms with van der Waals surface area (Å²) in [5, 5.41) is 0. The number of methoxy groups -OCH3 is 2. The number of halogens is 2. The van der Waals surface area contributed by atoms with Crippen molar-refractivity contribution in [3.63, 3.8) is 0 Å². The quantitative estimate of drug-likeness (QED) is 0.283. The van der Waals surface area contributed by atoms with Crippen LogP contribution >= 0.6 is 31.9 Å². The van der Waals surface area contributed by atoms with Gasteiger partial charge in [0.15, 0.2) is 5.41 Å². The Morgan fingerprint density at radius 1 is 0.870 bits per heavy atom. The summed E-state index contributed by atoms with van der Waals surface area (Å²) in [6, 6.07) is 0. The van der Waals surface area contributed by atoms with E-state index in [1.807, 2.05) is 0 Å². The molecule has 0 aliphatic carbocycles. The number of ether oxygens (including phenoxy) is 4. The van der Waals surface area contributed by atoms with Crippen LogP contribution in [-0.4, -0.2) is 39.4 Å². The van der Waals surface area contributed by atoms with Crippen molar-refractivity contribution >= 4 is 43.8 Å². The Kier molecular flexibility index (Phi) is 11.0. The van der Waals surface area contributed by atoms with Crippen LogP contribution in [0.2, 0.25) is 0 Å². The SMILES string of the molecule is CCOC(=O)C(C/C(=C\Br)OC)(C/C(=C\Br)OC)C(=O)OCC. The first-order valence-corrected chi connectivity index (χ1v) is 8.79. The van der Waals surface area contributed by atoms with Crippen molar-refractivity contribution in [2.75, 3.05) is 27.4 Å². The third-order valence-electron chi connectivity index (χ3n) is 3.05. The van der Waals surface area contributed by atoms with E-state index in [1.54, 1.807) is 13.8 Å². The minimum atomic E-state index is -1.60. The first kappa shape index (κ1) is 22.0. The third-order valence-corrected chi connectivity index (χ3v) is 4.07. The molecule has 0 amide bonds. The molecule has 0 spiro atoms. The Morgan fingerprint density at radius 2 is 1.22 bits per heavy atom. The lowest BCUT2D eigenvalue weighted by molar-refractivity contribution is -0.173. The molecule has 0 saturated carbocycles. The lowest BCUT2D eigenvalue weighted by atomic mass is 9.79. The molecule has 6 nitrogen and oxygen atoms in total. The maximum atomic E-state index is 12.6. The number of carbonyl (C=O) groups excluding carboxylic acids is 2. The molecule has 0 N–H and O–H groups in total. The highest BCUT2D eigenvalue weighted by molar-refractivity contribution is 9.11. The normalized spacial score (nSPS) is 12.6. The highest BCUT2D eigenvalue weighted by Crippen LogP contribution is 2.37. The molecule has 0 bridgehead atoms. The minimum Gasteiger partial charge on any atom is -0.501 e. The number of hydrogen-bond acceptors (Lipinski definition) is 6. The second-order valence-electron chi connectivity index (χ2n) is 4.44. The smallest absolute Gasteiger partial charge is 0.324 e. The first-order chi connectivity index (χ1) is 10.9. The summed E-state index contributed by atoms with van der Waals surface area (Å²) in [6.45, 7) is 3.62. The predicted octanol–water partition coefficient (Wildman–Crippen LogP) is 3.64. The number of allylic oxidation sites excluding steroid dienone is 2. The van der Waals surface area contributed by atoms with Gasteiger partial charge in [-0.2, -0.15) is 0 Å². The molecule has 0 aromatic heterocycles. The van der Waals surface area contributed by atoms with E-state index in [0.717, 1.165) is 0 Å². The molecule has 0 heterocycles. The van der Waals surface area contributed by atoms with Gasteiger partial charge in [0.2, 0.25) is 0 Å². The van der Waals surface area contributed by atoms with Crippen molar-refractivity contribution in [1.82, 2.24) is 0 Å². The Balaban J connectivity index is 5.97. The monoisotopic (exact) mass is 456 g/mol. The van der Waals surface area contributed by atoms with Crippen LogP contribution in [-0.2, 0) is 28.5 Å². The Labute approximate surface area is 153 Å². The standard InChI is InChI=1S/C15H22Br2O6/c1-5-22-13(18)15(14(19)23-6-2,7-11(9-16)20-3)8-12(10-17)21-4/h9-10H,5-8H2,1-4H3/b11-9+,12-10+. The lowest BCUT2D eigenvalue weighted by Gasteiger charge is -2.29. The summed E-state index contributed by atoms with van der Waals surface area (Å²) >= 11 is 6.32. The molecule has 0 unspecified atom stereocenters. The maximum Gasteiger partial charge on any atom is 0.324 e. The predicted molar refractivity (Wildman–Crippen MR) is 93.0 cm³/mol. The number of rotatable bonds is 10. The van der Waals surface area contributed by atoms with Gasteiger partial charge in [-0.05, 0) is 13.8 Å². The molecule has 0 aliphatic rings. The van der Waals surface area contributed by atoms with Crippen molar-refractivity contribution in [3.8, 4) is 0 Å². The van der Waals surface area contributed by atoms with Crippen LogP contribution in [0.25, 0.3) is 0 Å². The highest BCUT2D eigenvalue weighted by atomic mass is 79.9. The van der Waals surface area contributed by atoms with Crippen LogP contribution in [0.5, 0.6) is 0 Å². The second-order valence-corrected chi connectivity index (χ2v) is 5.35. The molecule has 132 valence electrons. The van der Waals surface area contributed by atoms with Crippen molar-refractivity contribution in [2.45, 2.75) is 26.7 Å². The number of carbonyl (C=O) groups is 2. The Morgan fingerprint density at radius 3 is 1.43 bits per heavy atom. The molecule has 23 heavy (non-hydrogen) atoms.